The summed E-state index contributed by atoms with van der Waals surface area (Å²) in [4.78, 5) is 63.3. The molecule has 64 heavy (non-hydrogen) atoms. The number of furan rings is 1. The van der Waals surface area contributed by atoms with Crippen LogP contribution in [0.5, 0.6) is 11.5 Å². The van der Waals surface area contributed by atoms with Crippen molar-refractivity contribution in [2.75, 3.05) is 49.7 Å². The zero-order valence-electron chi connectivity index (χ0n) is 35.9. The Balaban J connectivity index is 1.15. The summed E-state index contributed by atoms with van der Waals surface area (Å²) >= 11 is 5.68. The largest absolute Gasteiger partial charge is 0.493 e. The van der Waals surface area contributed by atoms with Crippen molar-refractivity contribution in [3.8, 4) is 11.5 Å². The first-order chi connectivity index (χ1) is 30.1. The Morgan fingerprint density at radius 2 is 1.75 bits per heavy atom. The number of carbonyl (C=O) groups is 4. The summed E-state index contributed by atoms with van der Waals surface area (Å²) in [6.07, 6.45) is -6.02. The molecular formula is C44H45ClF3N5O10Si. The van der Waals surface area contributed by atoms with Crippen molar-refractivity contribution in [3.63, 3.8) is 0 Å². The van der Waals surface area contributed by atoms with Crippen LogP contribution in [0.4, 0.5) is 29.3 Å². The monoisotopic (exact) mass is 923 g/mol. The van der Waals surface area contributed by atoms with Gasteiger partial charge in [-0.2, -0.15) is 13.2 Å². The van der Waals surface area contributed by atoms with Gasteiger partial charge in [-0.15, -0.1) is 0 Å². The number of hydrogen-bond acceptors (Lipinski definition) is 10. The molecule has 2 aliphatic heterocycles. The third kappa shape index (κ3) is 7.94. The van der Waals surface area contributed by atoms with Crippen molar-refractivity contribution in [3.05, 3.63) is 82.9 Å². The van der Waals surface area contributed by atoms with Crippen LogP contribution in [0, 0.1) is 0 Å². The number of nitrogens with one attached hydrogen (secondary N) is 3. The lowest BCUT2D eigenvalue weighted by atomic mass is 10.0. The summed E-state index contributed by atoms with van der Waals surface area (Å²) in [5.74, 6) is -2.32. The van der Waals surface area contributed by atoms with Gasteiger partial charge >= 0.3 is 18.2 Å². The standard InChI is InChI=1S/C44H45ClF3N5O10Si/c1-42(2,3)64(6,7)63-43(4)21-59-16-15-53(43)41(57)62-31-20-29-26(33-34(40(56)60-22-45)37(44(46,47)48)51-35(31)33)13-14-52(29)39(55)28-18-24-17-25(11-12-27(24)50-28)49-38(54)32-19-23-9-8-10-30(58-5)36(23)61-32/h8-12,17-20,50-51H,13-16,21-22H2,1-7H3,(H,49,54)/t43-/m1/s1. The maximum atomic E-state index is 14.7. The van der Waals surface area contributed by atoms with Crippen LogP contribution >= 0.6 is 11.6 Å². The molecule has 0 radical (unpaired) electrons. The molecule has 2 aliphatic rings. The summed E-state index contributed by atoms with van der Waals surface area (Å²) in [6, 6.07) is 14.0. The first-order valence-corrected chi connectivity index (χ1v) is 23.7. The van der Waals surface area contributed by atoms with Crippen molar-refractivity contribution in [2.45, 2.75) is 64.1 Å². The number of rotatable bonds is 9. The molecule has 5 heterocycles. The van der Waals surface area contributed by atoms with Crippen LogP contribution in [-0.4, -0.2) is 92.3 Å². The Morgan fingerprint density at radius 1 is 0.984 bits per heavy atom. The van der Waals surface area contributed by atoms with Gasteiger partial charge in [0, 0.05) is 40.0 Å². The van der Waals surface area contributed by atoms with E-state index in [9.17, 15) is 32.3 Å². The zero-order valence-corrected chi connectivity index (χ0v) is 37.7. The number of nitrogens with zero attached hydrogens (tertiary/aromatic N) is 2. The van der Waals surface area contributed by atoms with Crippen molar-refractivity contribution >= 4 is 87.9 Å². The Bertz CT molecular complexity index is 2870. The first kappa shape index (κ1) is 44.6. The van der Waals surface area contributed by atoms with Gasteiger partial charge in [0.1, 0.15) is 11.4 Å². The molecule has 1 fully saturated rings. The molecule has 3 aromatic carbocycles. The van der Waals surface area contributed by atoms with Gasteiger partial charge in [0.25, 0.3) is 11.8 Å². The highest BCUT2D eigenvalue weighted by Gasteiger charge is 2.49. The van der Waals surface area contributed by atoms with Crippen LogP contribution in [0.15, 0.2) is 59.0 Å². The highest BCUT2D eigenvalue weighted by Crippen LogP contribution is 2.47. The number of alkyl halides is 4. The van der Waals surface area contributed by atoms with E-state index in [1.54, 1.807) is 55.5 Å². The van der Waals surface area contributed by atoms with Gasteiger partial charge in [0.2, 0.25) is 0 Å². The minimum absolute atomic E-state index is 0.000920. The van der Waals surface area contributed by atoms with E-state index in [1.165, 1.54) is 23.0 Å². The number of carbonyl (C=O) groups excluding carboxylic acids is 4. The van der Waals surface area contributed by atoms with E-state index in [0.717, 1.165) is 0 Å². The number of anilines is 2. The minimum atomic E-state index is -5.09. The van der Waals surface area contributed by atoms with Gasteiger partial charge < -0.3 is 48.0 Å². The number of methoxy groups -OCH3 is 1. The molecule has 0 saturated carbocycles. The van der Waals surface area contributed by atoms with Crippen molar-refractivity contribution < 1.29 is 60.1 Å². The highest BCUT2D eigenvalue weighted by molar-refractivity contribution is 6.74. The number of benzene rings is 3. The number of aromatic amines is 2. The number of morpholine rings is 1. The van der Waals surface area contributed by atoms with Gasteiger partial charge in [-0.1, -0.05) is 44.5 Å². The number of ether oxygens (including phenoxy) is 4. The molecule has 1 atom stereocenters. The van der Waals surface area contributed by atoms with E-state index in [4.69, 9.17) is 39.4 Å². The molecule has 6 aromatic rings. The molecule has 3 N–H and O–H groups in total. The number of esters is 1. The summed E-state index contributed by atoms with van der Waals surface area (Å²) < 4.78 is 78.7. The Hall–Kier alpha value is -6.02. The summed E-state index contributed by atoms with van der Waals surface area (Å²) in [5, 5.41) is 3.55. The third-order valence-corrected chi connectivity index (χ3v) is 16.8. The average molecular weight is 924 g/mol. The van der Waals surface area contributed by atoms with Crippen LogP contribution in [0.3, 0.4) is 0 Å². The number of hydrogen-bond donors (Lipinski definition) is 3. The number of H-pyrrole nitrogens is 2. The number of halogens is 4. The molecule has 8 rings (SSSR count). The van der Waals surface area contributed by atoms with Gasteiger partial charge in [0.15, 0.2) is 43.0 Å². The molecule has 15 nitrogen and oxygen atoms in total. The van der Waals surface area contributed by atoms with E-state index in [2.05, 4.69) is 15.3 Å². The molecule has 0 aliphatic carbocycles. The predicted octanol–water partition coefficient (Wildman–Crippen LogP) is 9.80. The van der Waals surface area contributed by atoms with Gasteiger partial charge in [-0.3, -0.25) is 14.5 Å². The van der Waals surface area contributed by atoms with E-state index in [1.807, 2.05) is 33.9 Å². The zero-order chi connectivity index (χ0) is 46.1. The lowest BCUT2D eigenvalue weighted by Gasteiger charge is -2.49. The van der Waals surface area contributed by atoms with Gasteiger partial charge in [-0.25, -0.2) is 9.59 Å². The fourth-order valence-electron chi connectivity index (χ4n) is 7.99. The summed E-state index contributed by atoms with van der Waals surface area (Å²) in [7, 11) is -1.05. The topological polar surface area (TPSA) is 178 Å². The number of aromatic nitrogens is 2. The van der Waals surface area contributed by atoms with Crippen LogP contribution in [0.25, 0.3) is 32.8 Å². The highest BCUT2D eigenvalue weighted by atomic mass is 35.5. The van der Waals surface area contributed by atoms with Crippen LogP contribution in [-0.2, 0) is 26.5 Å². The molecule has 20 heteroatoms. The predicted molar refractivity (Wildman–Crippen MR) is 234 cm³/mol. The molecule has 3 aromatic heterocycles. The second-order valence-electron chi connectivity index (χ2n) is 17.3. The second-order valence-corrected chi connectivity index (χ2v) is 22.2. The summed E-state index contributed by atoms with van der Waals surface area (Å²) in [6.45, 7) is 12.0. The molecule has 0 bridgehead atoms. The third-order valence-electron chi connectivity index (χ3n) is 12.1. The van der Waals surface area contributed by atoms with Gasteiger partial charge in [-0.05, 0) is 73.4 Å². The lowest BCUT2D eigenvalue weighted by molar-refractivity contribution is -0.151. The molecule has 1 saturated heterocycles. The Kier molecular flexibility index (Phi) is 11.3. The average Bonchev–Trinajstić information content (AvgIpc) is 4.03. The van der Waals surface area contributed by atoms with Crippen molar-refractivity contribution in [2.24, 2.45) is 0 Å². The number of para-hydroxylation sites is 1. The molecule has 338 valence electrons. The fourth-order valence-corrected chi connectivity index (χ4v) is 9.67. The first-order valence-electron chi connectivity index (χ1n) is 20.3. The molecule has 0 unspecified atom stereocenters. The molecular weight excluding hydrogens is 879 g/mol. The minimum Gasteiger partial charge on any atom is -0.493 e. The van der Waals surface area contributed by atoms with Crippen LogP contribution < -0.4 is 19.7 Å². The van der Waals surface area contributed by atoms with Gasteiger partial charge in [0.05, 0.1) is 43.6 Å². The van der Waals surface area contributed by atoms with E-state index in [0.29, 0.717) is 33.3 Å². The fraction of sp³-hybridized carbons (Fsp3) is 0.364. The number of amides is 3. The smallest absolute Gasteiger partial charge is 0.432 e. The maximum Gasteiger partial charge on any atom is 0.432 e. The van der Waals surface area contributed by atoms with Crippen LogP contribution in [0.2, 0.25) is 18.1 Å². The molecule has 3 amide bonds. The SMILES string of the molecule is COc1cccc2cc(C(=O)Nc3ccc4[nH]c(C(=O)N5CCc6c5cc(OC(=O)N5CCOC[C@@]5(C)O[Si](C)(C)C(C)(C)C)c5[nH]c(C(F)(F)F)c(C(=O)OCCl)c65)cc4c3)oc12. The van der Waals surface area contributed by atoms with Crippen molar-refractivity contribution in [1.82, 2.24) is 14.9 Å². The lowest BCUT2D eigenvalue weighted by Crippen LogP contribution is -2.64. The Morgan fingerprint density at radius 3 is 2.45 bits per heavy atom. The maximum absolute atomic E-state index is 14.7. The second kappa shape index (κ2) is 16.2. The quantitative estimate of drug-likeness (QED) is 0.0719. The van der Waals surface area contributed by atoms with E-state index < -0.39 is 61.4 Å². The van der Waals surface area contributed by atoms with Crippen LogP contribution in [0.1, 0.15) is 70.4 Å². The summed E-state index contributed by atoms with van der Waals surface area (Å²) in [5.41, 5.74) is -2.15. The Labute approximate surface area is 370 Å². The van der Waals surface area contributed by atoms with Crippen molar-refractivity contribution in [1.29, 1.82) is 0 Å². The normalized spacial score (nSPS) is 17.0. The molecule has 0 spiro atoms. The number of fused-ring (bicyclic) bond motifs is 5. The van der Waals surface area contributed by atoms with E-state index in [-0.39, 0.29) is 77.1 Å². The van der Waals surface area contributed by atoms with E-state index >= 15 is 0 Å².